The summed E-state index contributed by atoms with van der Waals surface area (Å²) in [5, 5.41) is 0. The molecule has 23 heavy (non-hydrogen) atoms. The summed E-state index contributed by atoms with van der Waals surface area (Å²) in [7, 11) is 0. The van der Waals surface area contributed by atoms with E-state index in [1.807, 2.05) is 18.2 Å². The Labute approximate surface area is 135 Å². The predicted molar refractivity (Wildman–Crippen MR) is 91.1 cm³/mol. The molecule has 1 heterocycles. The zero-order valence-corrected chi connectivity index (χ0v) is 12.8. The van der Waals surface area contributed by atoms with E-state index in [0.29, 0.717) is 18.7 Å². The highest BCUT2D eigenvalue weighted by atomic mass is 19.1. The maximum Gasteiger partial charge on any atom is 0.246 e. The van der Waals surface area contributed by atoms with Gasteiger partial charge in [-0.15, -0.1) is 0 Å². The van der Waals surface area contributed by atoms with Crippen molar-refractivity contribution in [2.45, 2.75) is 6.42 Å². The van der Waals surface area contributed by atoms with E-state index in [9.17, 15) is 9.18 Å². The van der Waals surface area contributed by atoms with Gasteiger partial charge in [0.05, 0.1) is 0 Å². The summed E-state index contributed by atoms with van der Waals surface area (Å²) in [6.07, 6.45) is 5.91. The third-order valence-electron chi connectivity index (χ3n) is 3.98. The van der Waals surface area contributed by atoms with E-state index in [4.69, 9.17) is 0 Å². The highest BCUT2D eigenvalue weighted by Gasteiger charge is 2.15. The topological polar surface area (TPSA) is 20.3 Å². The number of hydrogen-bond donors (Lipinski definition) is 0. The third-order valence-corrected chi connectivity index (χ3v) is 3.98. The first-order valence-corrected chi connectivity index (χ1v) is 7.70. The lowest BCUT2D eigenvalue weighted by atomic mass is 9.99. The summed E-state index contributed by atoms with van der Waals surface area (Å²) < 4.78 is 13.5. The minimum Gasteiger partial charge on any atom is -0.335 e. The smallest absolute Gasteiger partial charge is 0.246 e. The molecule has 3 heteroatoms. The summed E-state index contributed by atoms with van der Waals surface area (Å²) in [4.78, 5) is 14.0. The second-order valence-electron chi connectivity index (χ2n) is 5.48. The monoisotopic (exact) mass is 307 g/mol. The van der Waals surface area contributed by atoms with Crippen molar-refractivity contribution in [3.05, 3.63) is 83.7 Å². The lowest BCUT2D eigenvalue weighted by molar-refractivity contribution is -0.125. The van der Waals surface area contributed by atoms with Gasteiger partial charge < -0.3 is 4.90 Å². The van der Waals surface area contributed by atoms with Gasteiger partial charge in [0.1, 0.15) is 5.82 Å². The second-order valence-corrected chi connectivity index (χ2v) is 5.48. The van der Waals surface area contributed by atoms with Crippen LogP contribution in [0.25, 0.3) is 11.6 Å². The van der Waals surface area contributed by atoms with Crippen molar-refractivity contribution in [2.24, 2.45) is 0 Å². The van der Waals surface area contributed by atoms with E-state index in [2.05, 4.69) is 18.2 Å². The molecule has 0 N–H and O–H groups in total. The Morgan fingerprint density at radius 2 is 1.78 bits per heavy atom. The third kappa shape index (κ3) is 3.75. The Hall–Kier alpha value is -2.68. The Kier molecular flexibility index (Phi) is 4.67. The molecular weight excluding hydrogens is 289 g/mol. The first-order valence-electron chi connectivity index (χ1n) is 7.70. The van der Waals surface area contributed by atoms with Crippen LogP contribution in [0.3, 0.4) is 0 Å². The summed E-state index contributed by atoms with van der Waals surface area (Å²) in [6, 6.07) is 16.6. The first-order chi connectivity index (χ1) is 11.2. The first kappa shape index (κ1) is 15.2. The average Bonchev–Trinajstić information content (AvgIpc) is 2.62. The van der Waals surface area contributed by atoms with E-state index in [-0.39, 0.29) is 11.7 Å². The molecule has 0 atom stereocenters. The number of benzene rings is 2. The summed E-state index contributed by atoms with van der Waals surface area (Å²) in [6.45, 7) is 1.27. The van der Waals surface area contributed by atoms with Crippen molar-refractivity contribution in [3.8, 4) is 0 Å². The van der Waals surface area contributed by atoms with Crippen molar-refractivity contribution in [1.29, 1.82) is 0 Å². The molecule has 1 amide bonds. The van der Waals surface area contributed by atoms with Gasteiger partial charge in [0.15, 0.2) is 0 Å². The van der Waals surface area contributed by atoms with Crippen LogP contribution in [0.4, 0.5) is 4.39 Å². The molecule has 0 saturated carbocycles. The van der Waals surface area contributed by atoms with Gasteiger partial charge in [-0.25, -0.2) is 4.39 Å². The largest absolute Gasteiger partial charge is 0.335 e. The van der Waals surface area contributed by atoms with Crippen LogP contribution in [-0.2, 0) is 4.79 Å². The number of amides is 1. The van der Waals surface area contributed by atoms with E-state index in [1.165, 1.54) is 29.4 Å². The van der Waals surface area contributed by atoms with Gasteiger partial charge in [-0.2, -0.15) is 0 Å². The molecule has 0 saturated heterocycles. The van der Waals surface area contributed by atoms with Gasteiger partial charge in [0, 0.05) is 24.7 Å². The molecule has 116 valence electrons. The van der Waals surface area contributed by atoms with E-state index >= 15 is 0 Å². The fourth-order valence-electron chi connectivity index (χ4n) is 2.66. The van der Waals surface area contributed by atoms with Crippen LogP contribution < -0.4 is 0 Å². The fourth-order valence-corrected chi connectivity index (χ4v) is 2.66. The quantitative estimate of drug-likeness (QED) is 0.780. The van der Waals surface area contributed by atoms with Gasteiger partial charge >= 0.3 is 0 Å². The van der Waals surface area contributed by atoms with Crippen molar-refractivity contribution < 1.29 is 9.18 Å². The van der Waals surface area contributed by atoms with Crippen LogP contribution in [0.5, 0.6) is 0 Å². The van der Waals surface area contributed by atoms with Crippen molar-refractivity contribution in [2.75, 3.05) is 13.1 Å². The standard InChI is InChI=1S/C20H18FNO/c21-19-9-5-4-8-18(19)10-11-20(23)22-14-12-17(13-15-22)16-6-2-1-3-7-16/h1-12H,13-15H2. The fraction of sp³-hybridized carbons (Fsp3) is 0.150. The minimum atomic E-state index is -0.318. The van der Waals surface area contributed by atoms with Crippen LogP contribution >= 0.6 is 0 Å². The molecule has 2 aromatic rings. The summed E-state index contributed by atoms with van der Waals surface area (Å²) in [5.74, 6) is -0.405. The van der Waals surface area contributed by atoms with E-state index in [0.717, 1.165) is 6.42 Å². The van der Waals surface area contributed by atoms with Gasteiger partial charge in [0.2, 0.25) is 5.91 Å². The van der Waals surface area contributed by atoms with E-state index in [1.54, 1.807) is 23.1 Å². The predicted octanol–water partition coefficient (Wildman–Crippen LogP) is 4.15. The average molecular weight is 307 g/mol. The van der Waals surface area contributed by atoms with Gasteiger partial charge in [-0.1, -0.05) is 54.6 Å². The van der Waals surface area contributed by atoms with Gasteiger partial charge in [-0.3, -0.25) is 4.79 Å². The van der Waals surface area contributed by atoms with Crippen molar-refractivity contribution >= 4 is 17.6 Å². The second kappa shape index (κ2) is 7.05. The molecular formula is C20H18FNO. The van der Waals surface area contributed by atoms with Gasteiger partial charge in [0.25, 0.3) is 0 Å². The highest BCUT2D eigenvalue weighted by Crippen LogP contribution is 2.22. The maximum absolute atomic E-state index is 13.5. The molecule has 0 fully saturated rings. The van der Waals surface area contributed by atoms with Crippen LogP contribution in [0.2, 0.25) is 0 Å². The zero-order chi connectivity index (χ0) is 16.1. The molecule has 0 spiro atoms. The molecule has 0 radical (unpaired) electrons. The van der Waals surface area contributed by atoms with Crippen LogP contribution in [0.15, 0.2) is 66.7 Å². The van der Waals surface area contributed by atoms with Crippen molar-refractivity contribution in [3.63, 3.8) is 0 Å². The number of carbonyl (C=O) groups excluding carboxylic acids is 1. The van der Waals surface area contributed by atoms with Crippen LogP contribution in [0.1, 0.15) is 17.5 Å². The number of rotatable bonds is 3. The lowest BCUT2D eigenvalue weighted by Gasteiger charge is -2.25. The number of halogens is 1. The molecule has 2 aromatic carbocycles. The number of nitrogens with zero attached hydrogens (tertiary/aromatic N) is 1. The van der Waals surface area contributed by atoms with Gasteiger partial charge in [-0.05, 0) is 29.7 Å². The Bertz CT molecular complexity index is 749. The Balaban J connectivity index is 1.64. The molecule has 0 unspecified atom stereocenters. The molecule has 3 rings (SSSR count). The van der Waals surface area contributed by atoms with Crippen LogP contribution in [0, 0.1) is 5.82 Å². The van der Waals surface area contributed by atoms with E-state index < -0.39 is 0 Å². The normalized spacial score (nSPS) is 14.8. The highest BCUT2D eigenvalue weighted by molar-refractivity contribution is 5.92. The van der Waals surface area contributed by atoms with Crippen molar-refractivity contribution in [1.82, 2.24) is 4.90 Å². The lowest BCUT2D eigenvalue weighted by Crippen LogP contribution is -2.33. The molecule has 0 aromatic heterocycles. The molecule has 0 bridgehead atoms. The Morgan fingerprint density at radius 3 is 2.48 bits per heavy atom. The number of carbonyl (C=O) groups is 1. The maximum atomic E-state index is 13.5. The molecule has 0 aliphatic carbocycles. The number of hydrogen-bond acceptors (Lipinski definition) is 1. The molecule has 1 aliphatic rings. The SMILES string of the molecule is O=C(C=Cc1ccccc1F)N1CC=C(c2ccccc2)CC1. The summed E-state index contributed by atoms with van der Waals surface area (Å²) >= 11 is 0. The minimum absolute atomic E-state index is 0.0865. The van der Waals surface area contributed by atoms with Crippen LogP contribution in [-0.4, -0.2) is 23.9 Å². The summed E-state index contributed by atoms with van der Waals surface area (Å²) in [5.41, 5.74) is 2.91. The molecule has 1 aliphatic heterocycles. The Morgan fingerprint density at radius 1 is 1.04 bits per heavy atom. The molecule has 2 nitrogen and oxygen atoms in total. The zero-order valence-electron chi connectivity index (χ0n) is 12.8.